The van der Waals surface area contributed by atoms with E-state index in [1.54, 1.807) is 0 Å². The number of benzene rings is 3. The molecular weight excluding hydrogens is 434 g/mol. The topological polar surface area (TPSA) is 41.6 Å². The fourth-order valence-corrected chi connectivity index (χ4v) is 11.3. The van der Waals surface area contributed by atoms with Gasteiger partial charge < -0.3 is 10.1 Å². The molecule has 1 aliphatic heterocycles. The Balaban J connectivity index is 1.81. The number of rotatable bonds is 8. The van der Waals surface area contributed by atoms with Gasteiger partial charge in [-0.2, -0.15) is 0 Å². The molecule has 0 saturated carbocycles. The van der Waals surface area contributed by atoms with Gasteiger partial charge in [0.05, 0.1) is 0 Å². The van der Waals surface area contributed by atoms with Crippen LogP contribution in [0.25, 0.3) is 0 Å². The van der Waals surface area contributed by atoms with Gasteiger partial charge >= 0.3 is 0 Å². The van der Waals surface area contributed by atoms with E-state index in [0.29, 0.717) is 0 Å². The van der Waals surface area contributed by atoms with E-state index in [9.17, 15) is 4.79 Å². The molecule has 3 nitrogen and oxygen atoms in total. The SMILES string of the molecule is CCC/C=C(\[C@H]1O[C@@H]1C(=O)Nc1ccccc1)[Si](c1ccccc1)(c1ccccc1)C(C)(C)C. The fraction of sp³-hybridized carbons (Fsp3) is 0.300. The van der Waals surface area contributed by atoms with Gasteiger partial charge in [0.1, 0.15) is 6.10 Å². The van der Waals surface area contributed by atoms with E-state index < -0.39 is 14.2 Å². The van der Waals surface area contributed by atoms with Crippen molar-refractivity contribution in [3.05, 3.63) is 102 Å². The van der Waals surface area contributed by atoms with Crippen LogP contribution in [0.5, 0.6) is 0 Å². The van der Waals surface area contributed by atoms with Crippen LogP contribution in [0.15, 0.2) is 102 Å². The zero-order chi connectivity index (χ0) is 24.2. The van der Waals surface area contributed by atoms with Gasteiger partial charge in [-0.25, -0.2) is 0 Å². The highest BCUT2D eigenvalue weighted by Crippen LogP contribution is 2.46. The number of ether oxygens (including phenoxy) is 1. The highest BCUT2D eigenvalue weighted by Gasteiger charge is 2.59. The zero-order valence-corrected chi connectivity index (χ0v) is 21.6. The summed E-state index contributed by atoms with van der Waals surface area (Å²) in [7, 11) is -2.54. The van der Waals surface area contributed by atoms with Crippen molar-refractivity contribution in [2.75, 3.05) is 5.32 Å². The Morgan fingerprint density at radius 1 is 0.853 bits per heavy atom. The summed E-state index contributed by atoms with van der Waals surface area (Å²) in [5, 5.41) is 7.02. The van der Waals surface area contributed by atoms with Crippen molar-refractivity contribution in [2.24, 2.45) is 0 Å². The van der Waals surface area contributed by atoms with E-state index in [2.05, 4.69) is 99.8 Å². The van der Waals surface area contributed by atoms with Crippen molar-refractivity contribution < 1.29 is 9.53 Å². The number of allylic oxidation sites excluding steroid dienone is 1. The van der Waals surface area contributed by atoms with E-state index in [-0.39, 0.29) is 17.0 Å². The number of unbranched alkanes of at least 4 members (excludes halogenated alkanes) is 1. The number of nitrogens with one attached hydrogen (secondary N) is 1. The van der Waals surface area contributed by atoms with Gasteiger partial charge in [0, 0.05) is 5.69 Å². The first-order valence-corrected chi connectivity index (χ1v) is 14.2. The van der Waals surface area contributed by atoms with E-state index in [1.165, 1.54) is 15.6 Å². The van der Waals surface area contributed by atoms with Crippen LogP contribution >= 0.6 is 0 Å². The van der Waals surface area contributed by atoms with Crippen molar-refractivity contribution in [1.29, 1.82) is 0 Å². The summed E-state index contributed by atoms with van der Waals surface area (Å²) < 4.78 is 6.21. The molecule has 2 atom stereocenters. The largest absolute Gasteiger partial charge is 0.355 e. The summed E-state index contributed by atoms with van der Waals surface area (Å²) in [4.78, 5) is 13.2. The van der Waals surface area contributed by atoms with Crippen LogP contribution in [0.4, 0.5) is 5.69 Å². The summed E-state index contributed by atoms with van der Waals surface area (Å²) >= 11 is 0. The van der Waals surface area contributed by atoms with Crippen molar-refractivity contribution in [2.45, 2.75) is 57.8 Å². The normalized spacial score (nSPS) is 18.4. The molecule has 34 heavy (non-hydrogen) atoms. The van der Waals surface area contributed by atoms with Gasteiger partial charge in [0.15, 0.2) is 14.2 Å². The van der Waals surface area contributed by atoms with Crippen LogP contribution in [0, 0.1) is 0 Å². The van der Waals surface area contributed by atoms with Crippen LogP contribution < -0.4 is 15.7 Å². The van der Waals surface area contributed by atoms with Crippen LogP contribution in [0.3, 0.4) is 0 Å². The smallest absolute Gasteiger partial charge is 0.256 e. The molecule has 1 saturated heterocycles. The van der Waals surface area contributed by atoms with Crippen LogP contribution in [-0.4, -0.2) is 26.2 Å². The predicted molar refractivity (Wildman–Crippen MR) is 144 cm³/mol. The van der Waals surface area contributed by atoms with Gasteiger partial charge in [0.2, 0.25) is 0 Å². The second-order valence-electron chi connectivity index (χ2n) is 10.0. The molecule has 1 amide bonds. The quantitative estimate of drug-likeness (QED) is 0.339. The Hall–Kier alpha value is -2.95. The lowest BCUT2D eigenvalue weighted by molar-refractivity contribution is -0.117. The van der Waals surface area contributed by atoms with Crippen molar-refractivity contribution in [1.82, 2.24) is 0 Å². The molecule has 1 heterocycles. The van der Waals surface area contributed by atoms with Crippen LogP contribution in [0.2, 0.25) is 5.04 Å². The number of anilines is 1. The Bertz CT molecular complexity index is 1080. The highest BCUT2D eigenvalue weighted by molar-refractivity contribution is 7.09. The molecule has 4 rings (SSSR count). The van der Waals surface area contributed by atoms with Gasteiger partial charge in [-0.3, -0.25) is 4.79 Å². The minimum atomic E-state index is -2.54. The molecule has 0 radical (unpaired) electrons. The number of amides is 1. The number of epoxide rings is 1. The Morgan fingerprint density at radius 2 is 1.35 bits per heavy atom. The average molecular weight is 470 g/mol. The molecule has 0 bridgehead atoms. The minimum Gasteiger partial charge on any atom is -0.355 e. The molecule has 1 aliphatic rings. The molecule has 3 aromatic carbocycles. The Kier molecular flexibility index (Phi) is 7.20. The maximum atomic E-state index is 13.2. The molecule has 1 fully saturated rings. The van der Waals surface area contributed by atoms with Crippen molar-refractivity contribution in [3.8, 4) is 0 Å². The summed E-state index contributed by atoms with van der Waals surface area (Å²) in [6.45, 7) is 9.24. The zero-order valence-electron chi connectivity index (χ0n) is 20.6. The van der Waals surface area contributed by atoms with Gasteiger partial charge in [-0.05, 0) is 39.2 Å². The molecule has 0 aromatic heterocycles. The van der Waals surface area contributed by atoms with Gasteiger partial charge in [0.25, 0.3) is 5.91 Å². The summed E-state index contributed by atoms with van der Waals surface area (Å²) in [6, 6.07) is 31.4. The van der Waals surface area contributed by atoms with E-state index in [0.717, 1.165) is 18.5 Å². The third kappa shape index (κ3) is 4.66. The number of hydrogen-bond acceptors (Lipinski definition) is 2. The van der Waals surface area contributed by atoms with Crippen molar-refractivity contribution in [3.63, 3.8) is 0 Å². The van der Waals surface area contributed by atoms with E-state index in [4.69, 9.17) is 4.74 Å². The highest BCUT2D eigenvalue weighted by atomic mass is 28.3. The summed E-state index contributed by atoms with van der Waals surface area (Å²) in [5.41, 5.74) is 0.797. The number of carbonyl (C=O) groups is 1. The van der Waals surface area contributed by atoms with Crippen LogP contribution in [0.1, 0.15) is 40.5 Å². The van der Waals surface area contributed by atoms with E-state index >= 15 is 0 Å². The van der Waals surface area contributed by atoms with E-state index in [1.807, 2.05) is 30.3 Å². The van der Waals surface area contributed by atoms with Gasteiger partial charge in [-0.15, -0.1) is 0 Å². The molecule has 0 aliphatic carbocycles. The third-order valence-electron chi connectivity index (χ3n) is 6.72. The lowest BCUT2D eigenvalue weighted by atomic mass is 10.2. The van der Waals surface area contributed by atoms with Crippen molar-refractivity contribution >= 4 is 30.0 Å². The molecule has 4 heteroatoms. The monoisotopic (exact) mass is 469 g/mol. The third-order valence-corrected chi connectivity index (χ3v) is 12.7. The maximum Gasteiger partial charge on any atom is 0.256 e. The number of hydrogen-bond donors (Lipinski definition) is 1. The second-order valence-corrected chi connectivity index (χ2v) is 14.7. The molecular formula is C30H35NO2Si. The standard InChI is InChI=1S/C30H35NO2Si/c1-5-6-22-26(27-28(33-27)29(32)31-23-16-10-7-11-17-23)34(30(2,3)4,24-18-12-8-13-19-24)25-20-14-9-15-21-25/h7-22,27-28H,5-6H2,1-4H3,(H,31,32)/b26-22+/t27-,28+/m1/s1. The Labute approximate surface area is 204 Å². The lowest BCUT2D eigenvalue weighted by Gasteiger charge is -2.46. The first kappa shape index (κ1) is 24.2. The minimum absolute atomic E-state index is 0.0400. The first-order chi connectivity index (χ1) is 16.4. The molecule has 176 valence electrons. The predicted octanol–water partition coefficient (Wildman–Crippen LogP) is 5.72. The first-order valence-electron chi connectivity index (χ1n) is 12.2. The second kappa shape index (κ2) is 10.1. The fourth-order valence-electron chi connectivity index (χ4n) is 5.24. The number of para-hydroxylation sites is 1. The summed E-state index contributed by atoms with van der Waals surface area (Å²) in [6.07, 6.45) is 3.73. The summed E-state index contributed by atoms with van der Waals surface area (Å²) in [5.74, 6) is -0.0727. The molecule has 0 spiro atoms. The Morgan fingerprint density at radius 3 is 1.82 bits per heavy atom. The van der Waals surface area contributed by atoms with Crippen LogP contribution in [-0.2, 0) is 9.53 Å². The van der Waals surface area contributed by atoms with Gasteiger partial charge in [-0.1, -0.05) is 119 Å². The lowest BCUT2D eigenvalue weighted by Crippen LogP contribution is -2.67. The molecule has 3 aromatic rings. The maximum absolute atomic E-state index is 13.2. The number of carbonyl (C=O) groups excluding carboxylic acids is 1. The molecule has 0 unspecified atom stereocenters. The molecule has 1 N–H and O–H groups in total. The average Bonchev–Trinajstić information content (AvgIpc) is 3.63.